The van der Waals surface area contributed by atoms with E-state index in [2.05, 4.69) is 14.3 Å². The van der Waals surface area contributed by atoms with Crippen molar-refractivity contribution in [1.82, 2.24) is 14.3 Å². The van der Waals surface area contributed by atoms with E-state index in [0.717, 1.165) is 9.50 Å². The second-order valence-corrected chi connectivity index (χ2v) is 9.47. The van der Waals surface area contributed by atoms with E-state index in [1.54, 1.807) is 23.5 Å². The highest BCUT2D eigenvalue weighted by molar-refractivity contribution is 8.01. The second-order valence-electron chi connectivity index (χ2n) is 6.72. The molecule has 0 radical (unpaired) electrons. The van der Waals surface area contributed by atoms with Gasteiger partial charge in [-0.15, -0.1) is 0 Å². The maximum atomic E-state index is 13.0. The van der Waals surface area contributed by atoms with E-state index in [0.29, 0.717) is 23.7 Å². The molecule has 0 bridgehead atoms. The van der Waals surface area contributed by atoms with Crippen molar-refractivity contribution in [3.05, 3.63) is 0 Å². The molecule has 0 aliphatic heterocycles. The Bertz CT molecular complexity index is 507. The summed E-state index contributed by atoms with van der Waals surface area (Å²) in [5.74, 6) is 0.829. The molecule has 0 atom stereocenters. The van der Waals surface area contributed by atoms with Crippen LogP contribution in [0.2, 0.25) is 0 Å². The second kappa shape index (κ2) is 9.43. The first-order valence-electron chi connectivity index (χ1n) is 9.09. The van der Waals surface area contributed by atoms with Gasteiger partial charge in [0, 0.05) is 12.1 Å². The number of hydrogen-bond acceptors (Lipinski definition) is 6. The number of carbonyl (C=O) groups excluding carboxylic acids is 1. The van der Waals surface area contributed by atoms with Crippen LogP contribution in [0.3, 0.4) is 0 Å². The van der Waals surface area contributed by atoms with Gasteiger partial charge in [-0.05, 0) is 43.5 Å². The molecule has 0 unspecified atom stereocenters. The number of thioether (sulfide) groups is 2. The number of hydrogen-bond donors (Lipinski definition) is 0. The Kier molecular flexibility index (Phi) is 7.28. The number of nitrogens with zero attached hydrogens (tertiary/aromatic N) is 3. The van der Waals surface area contributed by atoms with Gasteiger partial charge in [-0.1, -0.05) is 62.0 Å². The van der Waals surface area contributed by atoms with Gasteiger partial charge < -0.3 is 4.90 Å². The van der Waals surface area contributed by atoms with E-state index < -0.39 is 0 Å². The Morgan fingerprint density at radius 2 is 1.67 bits per heavy atom. The zero-order valence-corrected chi connectivity index (χ0v) is 16.9. The minimum atomic E-state index is 0.319. The van der Waals surface area contributed by atoms with Crippen LogP contribution in [-0.4, -0.2) is 44.3 Å². The van der Waals surface area contributed by atoms with Crippen LogP contribution in [0, 0.1) is 0 Å². The van der Waals surface area contributed by atoms with E-state index in [1.807, 2.05) is 6.26 Å². The lowest BCUT2D eigenvalue weighted by atomic mass is 9.88. The van der Waals surface area contributed by atoms with Crippen molar-refractivity contribution < 1.29 is 4.79 Å². The standard InChI is InChI=1S/C17H27N3OS3/c1-22-16-18-17(24-19-16)23-12-15(21)20(13-8-4-2-5-9-13)14-10-6-3-7-11-14/h13-14H,2-12H2,1H3. The molecule has 7 heteroatoms. The molecule has 134 valence electrons. The predicted octanol–water partition coefficient (Wildman–Crippen LogP) is 4.85. The highest BCUT2D eigenvalue weighted by Gasteiger charge is 2.32. The summed E-state index contributed by atoms with van der Waals surface area (Å²) < 4.78 is 5.20. The molecule has 1 amide bonds. The van der Waals surface area contributed by atoms with Crippen LogP contribution in [0.15, 0.2) is 9.50 Å². The van der Waals surface area contributed by atoms with E-state index in [9.17, 15) is 4.79 Å². The van der Waals surface area contributed by atoms with Gasteiger partial charge in [0.2, 0.25) is 11.1 Å². The Balaban J connectivity index is 1.62. The van der Waals surface area contributed by atoms with Crippen molar-refractivity contribution in [2.45, 2.75) is 85.8 Å². The Labute approximate surface area is 157 Å². The molecule has 2 aliphatic rings. The normalized spacial score (nSPS) is 20.2. The lowest BCUT2D eigenvalue weighted by Gasteiger charge is -2.41. The third-order valence-electron chi connectivity index (χ3n) is 5.11. The summed E-state index contributed by atoms with van der Waals surface area (Å²) in [6.07, 6.45) is 14.6. The van der Waals surface area contributed by atoms with Crippen molar-refractivity contribution in [3.8, 4) is 0 Å². The van der Waals surface area contributed by atoms with Crippen LogP contribution in [0.25, 0.3) is 0 Å². The van der Waals surface area contributed by atoms with E-state index in [-0.39, 0.29) is 0 Å². The lowest BCUT2D eigenvalue weighted by Crippen LogP contribution is -2.49. The molecule has 3 rings (SSSR count). The largest absolute Gasteiger partial charge is 0.336 e. The van der Waals surface area contributed by atoms with Gasteiger partial charge >= 0.3 is 0 Å². The minimum absolute atomic E-state index is 0.319. The zero-order chi connectivity index (χ0) is 16.8. The van der Waals surface area contributed by atoms with E-state index in [4.69, 9.17) is 0 Å². The van der Waals surface area contributed by atoms with Crippen LogP contribution in [0.1, 0.15) is 64.2 Å². The fourth-order valence-corrected chi connectivity index (χ4v) is 6.04. The molecule has 0 saturated heterocycles. The first-order chi connectivity index (χ1) is 11.8. The first kappa shape index (κ1) is 18.5. The molecule has 2 saturated carbocycles. The Hall–Kier alpha value is -0.270. The zero-order valence-electron chi connectivity index (χ0n) is 14.4. The molecule has 1 aromatic rings. The molecule has 2 fully saturated rings. The van der Waals surface area contributed by atoms with Gasteiger partial charge in [0.05, 0.1) is 5.75 Å². The Morgan fingerprint density at radius 1 is 1.08 bits per heavy atom. The molecule has 1 aromatic heterocycles. The van der Waals surface area contributed by atoms with Crippen LogP contribution >= 0.6 is 35.1 Å². The molecule has 1 heterocycles. The first-order valence-corrected chi connectivity index (χ1v) is 12.1. The van der Waals surface area contributed by atoms with Crippen LogP contribution < -0.4 is 0 Å². The summed E-state index contributed by atoms with van der Waals surface area (Å²) >= 11 is 4.53. The summed E-state index contributed by atoms with van der Waals surface area (Å²) in [4.78, 5) is 19.8. The molecule has 2 aliphatic carbocycles. The summed E-state index contributed by atoms with van der Waals surface area (Å²) in [5.41, 5.74) is 0. The lowest BCUT2D eigenvalue weighted by molar-refractivity contribution is -0.135. The van der Waals surface area contributed by atoms with Gasteiger partial charge in [0.15, 0.2) is 4.34 Å². The number of carbonyl (C=O) groups is 1. The smallest absolute Gasteiger partial charge is 0.233 e. The van der Waals surface area contributed by atoms with Gasteiger partial charge in [-0.3, -0.25) is 4.79 Å². The average molecular weight is 386 g/mol. The van der Waals surface area contributed by atoms with Crippen LogP contribution in [0.5, 0.6) is 0 Å². The summed E-state index contributed by atoms with van der Waals surface area (Å²) in [5, 5.41) is 0.811. The average Bonchev–Trinajstić information content (AvgIpc) is 3.10. The van der Waals surface area contributed by atoms with Crippen molar-refractivity contribution >= 4 is 41.0 Å². The van der Waals surface area contributed by atoms with Gasteiger partial charge in [0.1, 0.15) is 0 Å². The maximum absolute atomic E-state index is 13.0. The van der Waals surface area contributed by atoms with E-state index in [1.165, 1.54) is 75.7 Å². The third-order valence-corrected chi connectivity index (χ3v) is 7.60. The van der Waals surface area contributed by atoms with Crippen LogP contribution in [0.4, 0.5) is 0 Å². The molecule has 24 heavy (non-hydrogen) atoms. The number of rotatable bonds is 6. The van der Waals surface area contributed by atoms with Crippen LogP contribution in [-0.2, 0) is 4.79 Å². The van der Waals surface area contributed by atoms with E-state index >= 15 is 0 Å². The SMILES string of the molecule is CSc1nsc(SCC(=O)N(C2CCCCC2)C2CCCCC2)n1. The monoisotopic (exact) mass is 385 g/mol. The molecule has 4 nitrogen and oxygen atoms in total. The summed E-state index contributed by atoms with van der Waals surface area (Å²) in [6, 6.07) is 0.956. The molecule has 0 aromatic carbocycles. The number of aromatic nitrogens is 2. The quantitative estimate of drug-likeness (QED) is 0.655. The molecular weight excluding hydrogens is 358 g/mol. The number of amides is 1. The molecular formula is C17H27N3OS3. The minimum Gasteiger partial charge on any atom is -0.336 e. The van der Waals surface area contributed by atoms with Crippen molar-refractivity contribution in [2.75, 3.05) is 12.0 Å². The van der Waals surface area contributed by atoms with Gasteiger partial charge in [-0.25, -0.2) is 4.98 Å². The fourth-order valence-electron chi connectivity index (χ4n) is 3.96. The van der Waals surface area contributed by atoms with Crippen molar-refractivity contribution in [2.24, 2.45) is 0 Å². The Morgan fingerprint density at radius 3 is 2.17 bits per heavy atom. The van der Waals surface area contributed by atoms with Crippen molar-refractivity contribution in [1.29, 1.82) is 0 Å². The highest BCUT2D eigenvalue weighted by atomic mass is 32.2. The molecule has 0 spiro atoms. The maximum Gasteiger partial charge on any atom is 0.233 e. The summed E-state index contributed by atoms with van der Waals surface area (Å²) in [7, 11) is 0. The summed E-state index contributed by atoms with van der Waals surface area (Å²) in [6.45, 7) is 0. The van der Waals surface area contributed by atoms with Crippen molar-refractivity contribution in [3.63, 3.8) is 0 Å². The van der Waals surface area contributed by atoms with Gasteiger partial charge in [-0.2, -0.15) is 4.37 Å². The van der Waals surface area contributed by atoms with Gasteiger partial charge in [0.25, 0.3) is 0 Å². The fraction of sp³-hybridized carbons (Fsp3) is 0.824. The topological polar surface area (TPSA) is 46.1 Å². The predicted molar refractivity (Wildman–Crippen MR) is 103 cm³/mol. The molecule has 0 N–H and O–H groups in total. The third kappa shape index (κ3) is 4.88. The highest BCUT2D eigenvalue weighted by Crippen LogP contribution is 2.32.